The van der Waals surface area contributed by atoms with E-state index in [-0.39, 0.29) is 17.4 Å². The van der Waals surface area contributed by atoms with Gasteiger partial charge in [0, 0.05) is 5.69 Å². The number of hydrogen-bond donors (Lipinski definition) is 1. The summed E-state index contributed by atoms with van der Waals surface area (Å²) in [6.45, 7) is 0. The quantitative estimate of drug-likeness (QED) is 0.834. The van der Waals surface area contributed by atoms with Crippen LogP contribution in [0.1, 0.15) is 42.1 Å². The van der Waals surface area contributed by atoms with Crippen molar-refractivity contribution in [1.82, 2.24) is 0 Å². The lowest BCUT2D eigenvalue weighted by Gasteiger charge is -2.27. The van der Waals surface area contributed by atoms with Gasteiger partial charge in [0.25, 0.3) is 6.43 Å². The highest BCUT2D eigenvalue weighted by atomic mass is 19.3. The zero-order valence-electron chi connectivity index (χ0n) is 11.6. The molecule has 0 aromatic heterocycles. The standard InChI is InChI=1S/C17H17F2NO/c18-17(19)14-10-12(20)8-9-16(14)21-15-7-3-5-11-4-1-2-6-13(11)15/h1-2,4,6,8-10,15,17H,3,5,7,20H2. The van der Waals surface area contributed by atoms with Crippen molar-refractivity contribution < 1.29 is 13.5 Å². The first kappa shape index (κ1) is 13.9. The Hall–Kier alpha value is -2.10. The first-order valence-electron chi connectivity index (χ1n) is 7.07. The monoisotopic (exact) mass is 289 g/mol. The van der Waals surface area contributed by atoms with Crippen LogP contribution in [0.5, 0.6) is 5.75 Å². The Kier molecular flexibility index (Phi) is 3.78. The summed E-state index contributed by atoms with van der Waals surface area (Å²) in [5.74, 6) is 0.223. The van der Waals surface area contributed by atoms with Crippen LogP contribution in [-0.4, -0.2) is 0 Å². The molecule has 0 aliphatic heterocycles. The molecule has 110 valence electrons. The van der Waals surface area contributed by atoms with Crippen molar-refractivity contribution in [3.05, 3.63) is 59.2 Å². The van der Waals surface area contributed by atoms with Crippen LogP contribution < -0.4 is 10.5 Å². The van der Waals surface area contributed by atoms with Gasteiger partial charge in [0.2, 0.25) is 0 Å². The van der Waals surface area contributed by atoms with Crippen LogP contribution in [0.3, 0.4) is 0 Å². The summed E-state index contributed by atoms with van der Waals surface area (Å²) in [5, 5.41) is 0. The first-order chi connectivity index (χ1) is 10.1. The number of halogens is 2. The Balaban J connectivity index is 1.92. The Labute approximate surface area is 122 Å². The number of nitrogens with two attached hydrogens (primary N) is 1. The third-order valence-electron chi connectivity index (χ3n) is 3.85. The Morgan fingerprint density at radius 2 is 1.95 bits per heavy atom. The van der Waals surface area contributed by atoms with Gasteiger partial charge in [-0.05, 0) is 48.6 Å². The van der Waals surface area contributed by atoms with Crippen LogP contribution in [0.25, 0.3) is 0 Å². The molecule has 0 saturated carbocycles. The predicted molar refractivity (Wildman–Crippen MR) is 78.6 cm³/mol. The van der Waals surface area contributed by atoms with Gasteiger partial charge in [-0.2, -0.15) is 0 Å². The van der Waals surface area contributed by atoms with Gasteiger partial charge >= 0.3 is 0 Å². The number of ether oxygens (including phenoxy) is 1. The fourth-order valence-electron chi connectivity index (χ4n) is 2.83. The maximum atomic E-state index is 13.1. The molecule has 3 rings (SSSR count). The van der Waals surface area contributed by atoms with Crippen molar-refractivity contribution in [2.45, 2.75) is 31.8 Å². The minimum atomic E-state index is -2.60. The molecule has 1 unspecified atom stereocenters. The topological polar surface area (TPSA) is 35.2 Å². The summed E-state index contributed by atoms with van der Waals surface area (Å²) < 4.78 is 32.1. The molecule has 0 radical (unpaired) electrons. The van der Waals surface area contributed by atoms with Crippen molar-refractivity contribution in [1.29, 1.82) is 0 Å². The van der Waals surface area contributed by atoms with Gasteiger partial charge in [-0.15, -0.1) is 0 Å². The molecular weight excluding hydrogens is 272 g/mol. The van der Waals surface area contributed by atoms with E-state index in [4.69, 9.17) is 10.5 Å². The van der Waals surface area contributed by atoms with Gasteiger partial charge in [-0.3, -0.25) is 0 Å². The molecule has 2 N–H and O–H groups in total. The maximum absolute atomic E-state index is 13.1. The fourth-order valence-corrected chi connectivity index (χ4v) is 2.83. The number of aryl methyl sites for hydroxylation is 1. The summed E-state index contributed by atoms with van der Waals surface area (Å²) in [5.41, 5.74) is 8.10. The van der Waals surface area contributed by atoms with E-state index in [1.165, 1.54) is 17.7 Å². The number of alkyl halides is 2. The van der Waals surface area contributed by atoms with Crippen LogP contribution in [0.15, 0.2) is 42.5 Å². The molecule has 21 heavy (non-hydrogen) atoms. The molecule has 0 fully saturated rings. The van der Waals surface area contributed by atoms with E-state index in [0.29, 0.717) is 5.69 Å². The maximum Gasteiger partial charge on any atom is 0.267 e. The van der Waals surface area contributed by atoms with Crippen LogP contribution in [0.4, 0.5) is 14.5 Å². The predicted octanol–water partition coefficient (Wildman–Crippen LogP) is 4.66. The molecule has 4 heteroatoms. The van der Waals surface area contributed by atoms with Gasteiger partial charge < -0.3 is 10.5 Å². The molecule has 0 heterocycles. The van der Waals surface area contributed by atoms with Gasteiger partial charge in [0.05, 0.1) is 5.56 Å². The second-order valence-corrected chi connectivity index (χ2v) is 5.30. The van der Waals surface area contributed by atoms with Crippen molar-refractivity contribution in [2.75, 3.05) is 5.73 Å². The summed E-state index contributed by atoms with van der Waals surface area (Å²) >= 11 is 0. The lowest BCUT2D eigenvalue weighted by atomic mass is 9.89. The Morgan fingerprint density at radius 1 is 1.14 bits per heavy atom. The summed E-state index contributed by atoms with van der Waals surface area (Å²) in [6.07, 6.45) is 0.0860. The van der Waals surface area contributed by atoms with Crippen LogP contribution >= 0.6 is 0 Å². The highest BCUT2D eigenvalue weighted by Crippen LogP contribution is 2.37. The molecular formula is C17H17F2NO. The molecule has 1 atom stereocenters. The average Bonchev–Trinajstić information content (AvgIpc) is 2.49. The van der Waals surface area contributed by atoms with Crippen molar-refractivity contribution >= 4 is 5.69 Å². The summed E-state index contributed by atoms with van der Waals surface area (Å²) in [7, 11) is 0. The fraction of sp³-hybridized carbons (Fsp3) is 0.294. The summed E-state index contributed by atoms with van der Waals surface area (Å²) in [4.78, 5) is 0. The van der Waals surface area contributed by atoms with E-state index in [2.05, 4.69) is 6.07 Å². The molecule has 1 aliphatic rings. The number of nitrogen functional groups attached to an aromatic ring is 1. The third kappa shape index (κ3) is 2.84. The van der Waals surface area contributed by atoms with Gasteiger partial charge in [-0.25, -0.2) is 8.78 Å². The Morgan fingerprint density at radius 3 is 2.76 bits per heavy atom. The van der Waals surface area contributed by atoms with Crippen LogP contribution in [-0.2, 0) is 6.42 Å². The second kappa shape index (κ2) is 5.72. The molecule has 2 aromatic rings. The van der Waals surface area contributed by atoms with Crippen molar-refractivity contribution in [3.63, 3.8) is 0 Å². The van der Waals surface area contributed by atoms with Crippen molar-refractivity contribution in [3.8, 4) is 5.75 Å². The van der Waals surface area contributed by atoms with E-state index in [1.54, 1.807) is 6.07 Å². The van der Waals surface area contributed by atoms with E-state index in [9.17, 15) is 8.78 Å². The third-order valence-corrected chi connectivity index (χ3v) is 3.85. The van der Waals surface area contributed by atoms with Crippen molar-refractivity contribution in [2.24, 2.45) is 0 Å². The van der Waals surface area contributed by atoms with E-state index >= 15 is 0 Å². The van der Waals surface area contributed by atoms with Crippen LogP contribution in [0.2, 0.25) is 0 Å². The van der Waals surface area contributed by atoms with Crippen LogP contribution in [0, 0.1) is 0 Å². The zero-order chi connectivity index (χ0) is 14.8. The van der Waals surface area contributed by atoms with Gasteiger partial charge in [0.1, 0.15) is 11.9 Å². The minimum absolute atomic E-state index is 0.141. The normalized spacial score (nSPS) is 17.6. The number of rotatable bonds is 3. The number of benzene rings is 2. The SMILES string of the molecule is Nc1ccc(OC2CCCc3ccccc32)c(C(F)F)c1. The average molecular weight is 289 g/mol. The number of fused-ring (bicyclic) bond motifs is 1. The van der Waals surface area contributed by atoms with E-state index in [0.717, 1.165) is 24.8 Å². The zero-order valence-corrected chi connectivity index (χ0v) is 11.6. The lowest BCUT2D eigenvalue weighted by Crippen LogP contribution is -2.16. The molecule has 0 bridgehead atoms. The van der Waals surface area contributed by atoms with E-state index in [1.807, 2.05) is 18.2 Å². The summed E-state index contributed by atoms with van der Waals surface area (Å²) in [6, 6.07) is 12.5. The number of anilines is 1. The highest BCUT2D eigenvalue weighted by Gasteiger charge is 2.23. The highest BCUT2D eigenvalue weighted by molar-refractivity contribution is 5.48. The molecule has 0 spiro atoms. The molecule has 0 amide bonds. The molecule has 2 aromatic carbocycles. The molecule has 0 saturated heterocycles. The first-order valence-corrected chi connectivity index (χ1v) is 7.07. The number of hydrogen-bond acceptors (Lipinski definition) is 2. The van der Waals surface area contributed by atoms with Gasteiger partial charge in [-0.1, -0.05) is 24.3 Å². The smallest absolute Gasteiger partial charge is 0.267 e. The van der Waals surface area contributed by atoms with Gasteiger partial charge in [0.15, 0.2) is 0 Å². The second-order valence-electron chi connectivity index (χ2n) is 5.30. The largest absolute Gasteiger partial charge is 0.485 e. The Bertz CT molecular complexity index is 642. The van der Waals surface area contributed by atoms with E-state index < -0.39 is 6.43 Å². The molecule has 2 nitrogen and oxygen atoms in total. The molecule has 1 aliphatic carbocycles. The minimum Gasteiger partial charge on any atom is -0.485 e. The lowest BCUT2D eigenvalue weighted by molar-refractivity contribution is 0.133.